The van der Waals surface area contributed by atoms with Crippen LogP contribution in [0, 0.1) is 12.8 Å². The van der Waals surface area contributed by atoms with Crippen LogP contribution >= 0.6 is 15.9 Å². The van der Waals surface area contributed by atoms with Crippen molar-refractivity contribution in [1.29, 1.82) is 0 Å². The largest absolute Gasteiger partial charge is 0.316 e. The first-order valence-electron chi connectivity index (χ1n) is 6.08. The van der Waals surface area contributed by atoms with Gasteiger partial charge in [0.25, 0.3) is 0 Å². The van der Waals surface area contributed by atoms with E-state index in [1.807, 2.05) is 0 Å². The summed E-state index contributed by atoms with van der Waals surface area (Å²) in [6.07, 6.45) is 4.43. The molecule has 1 unspecified atom stereocenters. The number of fused-ring (bicyclic) bond motifs is 1. The van der Waals surface area contributed by atoms with Crippen molar-refractivity contribution >= 4 is 21.4 Å². The van der Waals surface area contributed by atoms with E-state index < -0.39 is 0 Å². The van der Waals surface area contributed by atoms with Crippen LogP contribution in [0.5, 0.6) is 0 Å². The molecular formula is C13H16BrN3. The minimum absolute atomic E-state index is 0.730. The molecule has 0 saturated carbocycles. The predicted octanol–water partition coefficient (Wildman–Crippen LogP) is 2.56. The molecule has 1 fully saturated rings. The molecule has 1 aliphatic heterocycles. The summed E-state index contributed by atoms with van der Waals surface area (Å²) < 4.78 is 3.19. The molecule has 0 bridgehead atoms. The topological polar surface area (TPSA) is 29.3 Å². The Morgan fingerprint density at radius 3 is 3.24 bits per heavy atom. The highest BCUT2D eigenvalue weighted by Crippen LogP contribution is 2.24. The molecule has 4 heteroatoms. The standard InChI is InChI=1S/C13H16BrN3/c1-9-3-2-6-17-11(16-13(14)12(9)17)7-10-4-5-15-8-10/h2-3,6,10,15H,4-5,7-8H2,1H3. The second kappa shape index (κ2) is 4.42. The Kier molecular flexibility index (Phi) is 2.92. The zero-order valence-corrected chi connectivity index (χ0v) is 11.5. The highest BCUT2D eigenvalue weighted by atomic mass is 79.9. The van der Waals surface area contributed by atoms with Crippen molar-refractivity contribution in [3.8, 4) is 0 Å². The molecule has 2 aromatic rings. The van der Waals surface area contributed by atoms with Gasteiger partial charge in [0.05, 0.1) is 5.52 Å². The lowest BCUT2D eigenvalue weighted by Crippen LogP contribution is -2.12. The summed E-state index contributed by atoms with van der Waals surface area (Å²) in [6.45, 7) is 4.40. The summed E-state index contributed by atoms with van der Waals surface area (Å²) in [7, 11) is 0. The van der Waals surface area contributed by atoms with Crippen LogP contribution in [0.4, 0.5) is 0 Å². The normalized spacial score (nSPS) is 20.2. The summed E-state index contributed by atoms with van der Waals surface area (Å²) in [5, 5.41) is 3.41. The van der Waals surface area contributed by atoms with Crippen molar-refractivity contribution < 1.29 is 0 Å². The van der Waals surface area contributed by atoms with Crippen molar-refractivity contribution in [3.63, 3.8) is 0 Å². The number of rotatable bonds is 2. The number of nitrogens with one attached hydrogen (secondary N) is 1. The smallest absolute Gasteiger partial charge is 0.132 e. The molecule has 3 rings (SSSR count). The zero-order chi connectivity index (χ0) is 11.8. The van der Waals surface area contributed by atoms with E-state index in [2.05, 4.69) is 55.9 Å². The third-order valence-electron chi connectivity index (χ3n) is 3.53. The van der Waals surface area contributed by atoms with Crippen LogP contribution in [0.15, 0.2) is 22.9 Å². The Labute approximate surface area is 109 Å². The molecule has 0 aliphatic carbocycles. The third kappa shape index (κ3) is 2.00. The first kappa shape index (κ1) is 11.2. The molecule has 1 atom stereocenters. The van der Waals surface area contributed by atoms with Crippen LogP contribution in [-0.2, 0) is 6.42 Å². The molecule has 0 aromatic carbocycles. The number of aromatic nitrogens is 2. The average molecular weight is 294 g/mol. The van der Waals surface area contributed by atoms with Crippen LogP contribution in [0.25, 0.3) is 5.52 Å². The Bertz CT molecular complexity index is 541. The maximum atomic E-state index is 4.67. The molecule has 1 N–H and O–H groups in total. The number of pyridine rings is 1. The van der Waals surface area contributed by atoms with E-state index in [0.29, 0.717) is 0 Å². The number of aryl methyl sites for hydroxylation is 1. The molecule has 1 saturated heterocycles. The summed E-state index contributed by atoms with van der Waals surface area (Å²) >= 11 is 3.57. The minimum atomic E-state index is 0.730. The summed E-state index contributed by atoms with van der Waals surface area (Å²) in [5.41, 5.74) is 2.47. The first-order valence-corrected chi connectivity index (χ1v) is 6.88. The van der Waals surface area contributed by atoms with Crippen LogP contribution in [0.1, 0.15) is 17.8 Å². The van der Waals surface area contributed by atoms with Gasteiger partial charge in [0.1, 0.15) is 10.4 Å². The minimum Gasteiger partial charge on any atom is -0.316 e. The fourth-order valence-corrected chi connectivity index (χ4v) is 3.31. The van der Waals surface area contributed by atoms with Crippen LogP contribution < -0.4 is 5.32 Å². The number of halogens is 1. The summed E-state index contributed by atoms with van der Waals surface area (Å²) in [4.78, 5) is 4.67. The Morgan fingerprint density at radius 2 is 2.47 bits per heavy atom. The third-order valence-corrected chi connectivity index (χ3v) is 4.08. The van der Waals surface area contributed by atoms with Crippen molar-refractivity contribution in [2.75, 3.05) is 13.1 Å². The van der Waals surface area contributed by atoms with Crippen LogP contribution in [0.3, 0.4) is 0 Å². The van der Waals surface area contributed by atoms with Gasteiger partial charge in [0.2, 0.25) is 0 Å². The second-order valence-electron chi connectivity index (χ2n) is 4.79. The maximum Gasteiger partial charge on any atom is 0.132 e. The fourth-order valence-electron chi connectivity index (χ4n) is 2.61. The molecule has 0 radical (unpaired) electrons. The summed E-state index contributed by atoms with van der Waals surface area (Å²) in [5.74, 6) is 1.90. The quantitative estimate of drug-likeness (QED) is 0.922. The molecule has 0 spiro atoms. The molecule has 3 heterocycles. The second-order valence-corrected chi connectivity index (χ2v) is 5.54. The Hall–Kier alpha value is -0.870. The Balaban J connectivity index is 2.01. The van der Waals surface area contributed by atoms with Crippen molar-refractivity contribution in [2.45, 2.75) is 19.8 Å². The number of nitrogens with zero attached hydrogens (tertiary/aromatic N) is 2. The van der Waals surface area contributed by atoms with Gasteiger partial charge in [0.15, 0.2) is 0 Å². The zero-order valence-electron chi connectivity index (χ0n) is 9.91. The highest BCUT2D eigenvalue weighted by molar-refractivity contribution is 9.10. The molecule has 1 aliphatic rings. The molecular weight excluding hydrogens is 278 g/mol. The summed E-state index contributed by atoms with van der Waals surface area (Å²) in [6, 6.07) is 4.22. The lowest BCUT2D eigenvalue weighted by atomic mass is 10.0. The average Bonchev–Trinajstić information content (AvgIpc) is 2.90. The van der Waals surface area contributed by atoms with Gasteiger partial charge in [-0.1, -0.05) is 6.07 Å². The van der Waals surface area contributed by atoms with E-state index in [9.17, 15) is 0 Å². The predicted molar refractivity (Wildman–Crippen MR) is 72.3 cm³/mol. The maximum absolute atomic E-state index is 4.67. The monoisotopic (exact) mass is 293 g/mol. The van der Waals surface area contributed by atoms with E-state index in [4.69, 9.17) is 0 Å². The lowest BCUT2D eigenvalue weighted by molar-refractivity contribution is 0.560. The molecule has 3 nitrogen and oxygen atoms in total. The molecule has 17 heavy (non-hydrogen) atoms. The van der Waals surface area contributed by atoms with Gasteiger partial charge in [-0.15, -0.1) is 0 Å². The van der Waals surface area contributed by atoms with Gasteiger partial charge in [-0.05, 0) is 59.9 Å². The molecule has 0 amide bonds. The van der Waals surface area contributed by atoms with Gasteiger partial charge in [-0.2, -0.15) is 0 Å². The van der Waals surface area contributed by atoms with E-state index in [-0.39, 0.29) is 0 Å². The number of hydrogen-bond donors (Lipinski definition) is 1. The van der Waals surface area contributed by atoms with E-state index >= 15 is 0 Å². The van der Waals surface area contributed by atoms with E-state index in [0.717, 1.165) is 30.0 Å². The van der Waals surface area contributed by atoms with Gasteiger partial charge in [0, 0.05) is 12.6 Å². The van der Waals surface area contributed by atoms with Crippen LogP contribution in [0.2, 0.25) is 0 Å². The van der Waals surface area contributed by atoms with Crippen molar-refractivity contribution in [3.05, 3.63) is 34.3 Å². The fraction of sp³-hybridized carbons (Fsp3) is 0.462. The van der Waals surface area contributed by atoms with E-state index in [1.54, 1.807) is 0 Å². The van der Waals surface area contributed by atoms with Gasteiger partial charge >= 0.3 is 0 Å². The van der Waals surface area contributed by atoms with Gasteiger partial charge in [-0.3, -0.25) is 0 Å². The Morgan fingerprint density at radius 1 is 1.59 bits per heavy atom. The first-order chi connectivity index (χ1) is 8.25. The highest BCUT2D eigenvalue weighted by Gasteiger charge is 2.19. The van der Waals surface area contributed by atoms with Crippen molar-refractivity contribution in [2.24, 2.45) is 5.92 Å². The molecule has 2 aromatic heterocycles. The van der Waals surface area contributed by atoms with Gasteiger partial charge < -0.3 is 9.72 Å². The lowest BCUT2D eigenvalue weighted by Gasteiger charge is -2.07. The van der Waals surface area contributed by atoms with Crippen LogP contribution in [-0.4, -0.2) is 22.5 Å². The SMILES string of the molecule is Cc1cccn2c(CC3CCNC3)nc(Br)c12. The number of imidazole rings is 1. The molecule has 90 valence electrons. The van der Waals surface area contributed by atoms with Gasteiger partial charge in [-0.25, -0.2) is 4.98 Å². The van der Waals surface area contributed by atoms with Crippen molar-refractivity contribution in [1.82, 2.24) is 14.7 Å². The number of hydrogen-bond acceptors (Lipinski definition) is 2. The van der Waals surface area contributed by atoms with E-state index in [1.165, 1.54) is 23.3 Å².